The van der Waals surface area contributed by atoms with E-state index in [0.29, 0.717) is 39.2 Å². The third-order valence-electron chi connectivity index (χ3n) is 8.74. The summed E-state index contributed by atoms with van der Waals surface area (Å²) in [5.41, 5.74) is 2.24. The van der Waals surface area contributed by atoms with Gasteiger partial charge in [-0.1, -0.05) is 24.3 Å². The Morgan fingerprint density at radius 3 is 1.72 bits per heavy atom. The molecular formula is C33H26BrF6N7. The average molecular weight is 715 g/mol. The van der Waals surface area contributed by atoms with Crippen molar-refractivity contribution in [2.45, 2.75) is 37.3 Å². The predicted molar refractivity (Wildman–Crippen MR) is 170 cm³/mol. The molecule has 6 heterocycles. The number of anilines is 4. The first-order valence-corrected chi connectivity index (χ1v) is 15.7. The Morgan fingerprint density at radius 2 is 1.21 bits per heavy atom. The number of halogens is 7. The van der Waals surface area contributed by atoms with Crippen LogP contribution in [0.3, 0.4) is 0 Å². The summed E-state index contributed by atoms with van der Waals surface area (Å²) in [5, 5.41) is 16.1. The number of nitriles is 1. The van der Waals surface area contributed by atoms with Gasteiger partial charge in [0.2, 0.25) is 0 Å². The molecule has 2 saturated heterocycles. The SMILES string of the molecule is FC(F)(F)c1cccc(-c2nc3c(cc2Br)N2CC[C@@H](C2)N3)c1.N#Cc1cc2c(nc1-c1cccc(C(F)(F)F)c1)N[C@H]1CCN2C1. The van der Waals surface area contributed by atoms with Crippen LogP contribution in [0, 0.1) is 11.3 Å². The van der Waals surface area contributed by atoms with Gasteiger partial charge in [0.15, 0.2) is 11.6 Å². The number of rotatable bonds is 2. The van der Waals surface area contributed by atoms with Gasteiger partial charge in [-0.3, -0.25) is 0 Å². The van der Waals surface area contributed by atoms with Crippen LogP contribution in [-0.2, 0) is 12.4 Å². The summed E-state index contributed by atoms with van der Waals surface area (Å²) in [6.07, 6.45) is -6.76. The van der Waals surface area contributed by atoms with Crippen molar-refractivity contribution < 1.29 is 26.3 Å². The molecule has 4 aromatic rings. The molecule has 4 bridgehead atoms. The third-order valence-corrected chi connectivity index (χ3v) is 9.35. The number of aromatic nitrogens is 2. The summed E-state index contributed by atoms with van der Waals surface area (Å²) >= 11 is 3.46. The average Bonchev–Trinajstić information content (AvgIpc) is 3.64. The topological polar surface area (TPSA) is 80.1 Å². The molecule has 0 radical (unpaired) electrons. The van der Waals surface area contributed by atoms with Crippen LogP contribution in [0.25, 0.3) is 22.5 Å². The van der Waals surface area contributed by atoms with Gasteiger partial charge in [0, 0.05) is 53.9 Å². The van der Waals surface area contributed by atoms with Crippen LogP contribution in [0.5, 0.6) is 0 Å². The number of nitrogens with zero attached hydrogens (tertiary/aromatic N) is 5. The van der Waals surface area contributed by atoms with Crippen LogP contribution in [0.1, 0.15) is 29.5 Å². The Hall–Kier alpha value is -4.51. The Morgan fingerprint density at radius 1 is 0.723 bits per heavy atom. The van der Waals surface area contributed by atoms with Gasteiger partial charge in [0.05, 0.1) is 39.5 Å². The number of fused-ring (bicyclic) bond motifs is 8. The molecule has 4 aliphatic heterocycles. The smallest absolute Gasteiger partial charge is 0.366 e. The van der Waals surface area contributed by atoms with Crippen LogP contribution in [-0.4, -0.2) is 48.2 Å². The van der Waals surface area contributed by atoms with Gasteiger partial charge < -0.3 is 20.4 Å². The zero-order valence-electron chi connectivity index (χ0n) is 24.6. The highest BCUT2D eigenvalue weighted by molar-refractivity contribution is 9.10. The fourth-order valence-electron chi connectivity index (χ4n) is 6.45. The molecule has 0 spiro atoms. The molecule has 242 valence electrons. The first kappa shape index (κ1) is 31.1. The summed E-state index contributed by atoms with van der Waals surface area (Å²) in [6.45, 7) is 3.67. The van der Waals surface area contributed by atoms with Crippen LogP contribution in [0.2, 0.25) is 0 Å². The van der Waals surface area contributed by atoms with Gasteiger partial charge >= 0.3 is 12.4 Å². The monoisotopic (exact) mass is 713 g/mol. The third kappa shape index (κ3) is 6.04. The van der Waals surface area contributed by atoms with Crippen LogP contribution in [0.15, 0.2) is 65.1 Å². The molecule has 0 aliphatic carbocycles. The molecule has 8 rings (SSSR count). The molecular weight excluding hydrogens is 688 g/mol. The van der Waals surface area contributed by atoms with Crippen LogP contribution in [0.4, 0.5) is 49.4 Å². The van der Waals surface area contributed by atoms with Gasteiger partial charge in [-0.15, -0.1) is 0 Å². The quantitative estimate of drug-likeness (QED) is 0.203. The van der Waals surface area contributed by atoms with Crippen molar-refractivity contribution in [2.75, 3.05) is 46.6 Å². The zero-order valence-corrected chi connectivity index (χ0v) is 26.1. The Labute approximate surface area is 274 Å². The van der Waals surface area contributed by atoms with Crippen molar-refractivity contribution in [3.8, 4) is 28.6 Å². The zero-order chi connectivity index (χ0) is 33.1. The second kappa shape index (κ2) is 11.6. The van der Waals surface area contributed by atoms with Crippen molar-refractivity contribution >= 4 is 38.9 Å². The number of hydrogen-bond donors (Lipinski definition) is 2. The highest BCUT2D eigenvalue weighted by Crippen LogP contribution is 2.42. The summed E-state index contributed by atoms with van der Waals surface area (Å²) in [4.78, 5) is 13.5. The number of alkyl halides is 6. The van der Waals surface area contributed by atoms with Crippen molar-refractivity contribution in [1.29, 1.82) is 5.26 Å². The first-order valence-electron chi connectivity index (χ1n) is 14.9. The van der Waals surface area contributed by atoms with Gasteiger partial charge in [0.25, 0.3) is 0 Å². The molecule has 2 atom stereocenters. The molecule has 2 aromatic carbocycles. The summed E-state index contributed by atoms with van der Waals surface area (Å²) in [6, 6.07) is 16.6. The number of benzene rings is 2. The lowest BCUT2D eigenvalue weighted by atomic mass is 10.0. The minimum atomic E-state index is -4.43. The van der Waals surface area contributed by atoms with Gasteiger partial charge in [0.1, 0.15) is 6.07 Å². The maximum absolute atomic E-state index is 12.9. The van der Waals surface area contributed by atoms with Crippen molar-refractivity contribution in [3.63, 3.8) is 0 Å². The normalized spacial score (nSPS) is 19.1. The molecule has 4 aliphatic rings. The Bertz CT molecular complexity index is 1900. The summed E-state index contributed by atoms with van der Waals surface area (Å²) < 4.78 is 78.3. The summed E-state index contributed by atoms with van der Waals surface area (Å²) in [7, 11) is 0. The Balaban J connectivity index is 0.000000150. The van der Waals surface area contributed by atoms with E-state index >= 15 is 0 Å². The lowest BCUT2D eigenvalue weighted by molar-refractivity contribution is -0.138. The minimum Gasteiger partial charge on any atom is -0.366 e. The van der Waals surface area contributed by atoms with E-state index in [9.17, 15) is 31.6 Å². The van der Waals surface area contributed by atoms with E-state index < -0.39 is 23.5 Å². The van der Waals surface area contributed by atoms with E-state index in [1.807, 2.05) is 6.07 Å². The molecule has 0 unspecified atom stereocenters. The van der Waals surface area contributed by atoms with E-state index in [4.69, 9.17) is 0 Å². The van der Waals surface area contributed by atoms with Crippen molar-refractivity contribution in [1.82, 2.24) is 9.97 Å². The number of pyridine rings is 2. The van der Waals surface area contributed by atoms with Gasteiger partial charge in [-0.25, -0.2) is 9.97 Å². The highest BCUT2D eigenvalue weighted by atomic mass is 79.9. The predicted octanol–water partition coefficient (Wildman–Crippen LogP) is 8.18. The molecule has 2 aromatic heterocycles. The maximum atomic E-state index is 12.9. The lowest BCUT2D eigenvalue weighted by Crippen LogP contribution is -2.32. The van der Waals surface area contributed by atoms with Gasteiger partial charge in [-0.2, -0.15) is 31.6 Å². The fraction of sp³-hybridized carbons (Fsp3) is 0.303. The molecule has 0 saturated carbocycles. The molecule has 47 heavy (non-hydrogen) atoms. The van der Waals surface area contributed by atoms with Gasteiger partial charge in [-0.05, 0) is 65.2 Å². The standard InChI is InChI=1S/C17H13F3N4.C16H13BrF3N3/c18-17(19,20)12-3-1-2-10(6-12)15-11(8-21)7-14-16(23-15)22-13-4-5-24(14)9-13;17-12-7-13-15(21-11-4-5-23(13)8-11)22-14(12)9-2-1-3-10(6-9)16(18,19)20/h1-3,6-7,13H,4-5,9H2,(H,22,23);1-3,6-7,11H,4-5,8H2,(H,21,22)/t13-;11-/m00/s1. The molecule has 14 heteroatoms. The molecule has 2 fully saturated rings. The largest absolute Gasteiger partial charge is 0.416 e. The van der Waals surface area contributed by atoms with E-state index in [-0.39, 0.29) is 11.3 Å². The van der Waals surface area contributed by atoms with Crippen LogP contribution < -0.4 is 20.4 Å². The lowest BCUT2D eigenvalue weighted by Gasteiger charge is -2.28. The molecule has 7 nitrogen and oxygen atoms in total. The number of nitrogens with one attached hydrogen (secondary N) is 2. The fourth-order valence-corrected chi connectivity index (χ4v) is 6.98. The second-order valence-electron chi connectivity index (χ2n) is 11.9. The maximum Gasteiger partial charge on any atom is 0.416 e. The van der Waals surface area contributed by atoms with E-state index in [1.54, 1.807) is 18.2 Å². The van der Waals surface area contributed by atoms with Crippen molar-refractivity contribution in [3.05, 3.63) is 81.8 Å². The summed E-state index contributed by atoms with van der Waals surface area (Å²) in [5.74, 6) is 1.38. The first-order chi connectivity index (χ1) is 22.4. The molecule has 2 N–H and O–H groups in total. The molecule has 0 amide bonds. The highest BCUT2D eigenvalue weighted by Gasteiger charge is 2.35. The van der Waals surface area contributed by atoms with Crippen LogP contribution >= 0.6 is 15.9 Å². The Kier molecular flexibility index (Phi) is 7.69. The minimum absolute atomic E-state index is 0.275. The van der Waals surface area contributed by atoms with E-state index in [0.717, 1.165) is 80.5 Å². The van der Waals surface area contributed by atoms with E-state index in [1.165, 1.54) is 12.1 Å². The van der Waals surface area contributed by atoms with Crippen molar-refractivity contribution in [2.24, 2.45) is 0 Å². The number of hydrogen-bond acceptors (Lipinski definition) is 7. The van der Waals surface area contributed by atoms with E-state index in [2.05, 4.69) is 52.4 Å². The second-order valence-corrected chi connectivity index (χ2v) is 12.7.